The second-order valence-corrected chi connectivity index (χ2v) is 5.68. The van der Waals surface area contributed by atoms with Crippen LogP contribution >= 0.6 is 0 Å². The second-order valence-electron chi connectivity index (χ2n) is 5.68. The predicted molar refractivity (Wildman–Crippen MR) is 83.1 cm³/mol. The third kappa shape index (κ3) is 4.46. The zero-order valence-electron chi connectivity index (χ0n) is 12.9. The molecule has 1 saturated heterocycles. The van der Waals surface area contributed by atoms with E-state index in [1.54, 1.807) is 0 Å². The fraction of sp³-hybridized carbons (Fsp3) is 0.688. The highest BCUT2D eigenvalue weighted by atomic mass is 16.5. The van der Waals surface area contributed by atoms with Crippen molar-refractivity contribution in [3.05, 3.63) is 24.0 Å². The summed E-state index contributed by atoms with van der Waals surface area (Å²) in [6.45, 7) is 10.2. The molecule has 0 saturated carbocycles. The first-order valence-corrected chi connectivity index (χ1v) is 7.74. The number of nitrogens with zero attached hydrogens (tertiary/aromatic N) is 2. The highest BCUT2D eigenvalue weighted by Gasteiger charge is 2.19. The average Bonchev–Trinajstić information content (AvgIpc) is 2.47. The van der Waals surface area contributed by atoms with Crippen molar-refractivity contribution < 1.29 is 4.74 Å². The van der Waals surface area contributed by atoms with Gasteiger partial charge in [0.05, 0.1) is 11.8 Å². The summed E-state index contributed by atoms with van der Waals surface area (Å²) in [7, 11) is 0. The zero-order valence-corrected chi connectivity index (χ0v) is 12.9. The van der Waals surface area contributed by atoms with Crippen molar-refractivity contribution >= 4 is 5.69 Å². The molecular formula is C16H27N3O. The van der Waals surface area contributed by atoms with Crippen LogP contribution < -0.4 is 10.2 Å². The Morgan fingerprint density at radius 1 is 1.40 bits per heavy atom. The third-order valence-corrected chi connectivity index (χ3v) is 3.70. The van der Waals surface area contributed by atoms with E-state index in [0.717, 1.165) is 44.8 Å². The normalized spacial score (nSPS) is 16.9. The van der Waals surface area contributed by atoms with Gasteiger partial charge >= 0.3 is 0 Å². The number of ether oxygens (including phenoxy) is 1. The number of pyridine rings is 1. The molecule has 1 aliphatic heterocycles. The lowest BCUT2D eigenvalue weighted by atomic mass is 10.1. The molecule has 1 aromatic rings. The summed E-state index contributed by atoms with van der Waals surface area (Å²) in [5.74, 6) is 0. The Morgan fingerprint density at radius 3 is 2.80 bits per heavy atom. The van der Waals surface area contributed by atoms with Crippen LogP contribution in [-0.2, 0) is 11.3 Å². The van der Waals surface area contributed by atoms with Crippen LogP contribution in [0.5, 0.6) is 0 Å². The van der Waals surface area contributed by atoms with Gasteiger partial charge in [0.1, 0.15) is 0 Å². The summed E-state index contributed by atoms with van der Waals surface area (Å²) < 4.78 is 5.71. The summed E-state index contributed by atoms with van der Waals surface area (Å²) in [4.78, 5) is 6.88. The fourth-order valence-electron chi connectivity index (χ4n) is 2.58. The van der Waals surface area contributed by atoms with E-state index in [1.807, 2.05) is 6.20 Å². The van der Waals surface area contributed by atoms with E-state index in [9.17, 15) is 0 Å². The molecule has 2 rings (SSSR count). The molecule has 1 fully saturated rings. The van der Waals surface area contributed by atoms with Crippen molar-refractivity contribution in [3.8, 4) is 0 Å². The molecule has 0 radical (unpaired) electrons. The topological polar surface area (TPSA) is 37.4 Å². The molecule has 1 N–H and O–H groups in total. The molecule has 0 bridgehead atoms. The van der Waals surface area contributed by atoms with E-state index in [4.69, 9.17) is 4.74 Å². The van der Waals surface area contributed by atoms with Gasteiger partial charge in [-0.2, -0.15) is 0 Å². The van der Waals surface area contributed by atoms with Crippen molar-refractivity contribution in [1.29, 1.82) is 0 Å². The van der Waals surface area contributed by atoms with Crippen LogP contribution in [0.25, 0.3) is 0 Å². The predicted octanol–water partition coefficient (Wildman–Crippen LogP) is 2.58. The van der Waals surface area contributed by atoms with Gasteiger partial charge in [-0.1, -0.05) is 13.8 Å². The van der Waals surface area contributed by atoms with Crippen molar-refractivity contribution in [1.82, 2.24) is 10.3 Å². The molecule has 0 spiro atoms. The summed E-state index contributed by atoms with van der Waals surface area (Å²) in [6.07, 6.45) is 4.60. The lowest BCUT2D eigenvalue weighted by molar-refractivity contribution is 0.0459. The monoisotopic (exact) mass is 277 g/mol. The quantitative estimate of drug-likeness (QED) is 0.867. The highest BCUT2D eigenvalue weighted by Crippen LogP contribution is 2.21. The molecule has 4 nitrogen and oxygen atoms in total. The van der Waals surface area contributed by atoms with E-state index >= 15 is 0 Å². The molecule has 1 aliphatic rings. The number of hydrogen-bond donors (Lipinski definition) is 1. The van der Waals surface area contributed by atoms with Crippen LogP contribution in [0.1, 0.15) is 39.3 Å². The molecule has 0 aromatic carbocycles. The van der Waals surface area contributed by atoms with Gasteiger partial charge in [0.2, 0.25) is 0 Å². The maximum atomic E-state index is 5.71. The highest BCUT2D eigenvalue weighted by molar-refractivity contribution is 5.46. The van der Waals surface area contributed by atoms with Crippen LogP contribution in [-0.4, -0.2) is 36.8 Å². The number of rotatable bonds is 6. The Labute approximate surface area is 122 Å². The first kappa shape index (κ1) is 15.3. The first-order valence-electron chi connectivity index (χ1n) is 7.74. The van der Waals surface area contributed by atoms with Gasteiger partial charge in [-0.25, -0.2) is 0 Å². The first-order chi connectivity index (χ1) is 9.69. The SMILES string of the molecule is CCOC1CCN(c2ccnc(CNC(C)C)c2)CC1. The van der Waals surface area contributed by atoms with E-state index in [2.05, 4.69) is 48.1 Å². The zero-order chi connectivity index (χ0) is 14.4. The van der Waals surface area contributed by atoms with Crippen LogP contribution in [0.15, 0.2) is 18.3 Å². The van der Waals surface area contributed by atoms with Crippen LogP contribution in [0.2, 0.25) is 0 Å². The van der Waals surface area contributed by atoms with Crippen molar-refractivity contribution in [2.75, 3.05) is 24.6 Å². The summed E-state index contributed by atoms with van der Waals surface area (Å²) in [6, 6.07) is 4.80. The van der Waals surface area contributed by atoms with Gasteiger partial charge in [0.15, 0.2) is 0 Å². The Kier molecular flexibility index (Phi) is 5.80. The Morgan fingerprint density at radius 2 is 2.15 bits per heavy atom. The lowest BCUT2D eigenvalue weighted by Crippen LogP contribution is -2.37. The Hall–Kier alpha value is -1.13. The number of hydrogen-bond acceptors (Lipinski definition) is 4. The number of piperidine rings is 1. The maximum absolute atomic E-state index is 5.71. The number of nitrogens with one attached hydrogen (secondary N) is 1. The summed E-state index contributed by atoms with van der Waals surface area (Å²) in [5, 5.41) is 3.41. The molecule has 0 unspecified atom stereocenters. The molecule has 0 amide bonds. The van der Waals surface area contributed by atoms with Crippen LogP contribution in [0, 0.1) is 0 Å². The largest absolute Gasteiger partial charge is 0.378 e. The standard InChI is InChI=1S/C16H27N3O/c1-4-20-16-6-9-19(10-7-16)15-5-8-17-14(11-15)12-18-13(2)3/h5,8,11,13,16,18H,4,6-7,9-10,12H2,1-3H3. The van der Waals surface area contributed by atoms with Crippen molar-refractivity contribution in [2.45, 2.75) is 52.3 Å². The minimum atomic E-state index is 0.445. The molecule has 0 atom stereocenters. The fourth-order valence-corrected chi connectivity index (χ4v) is 2.58. The molecular weight excluding hydrogens is 250 g/mol. The third-order valence-electron chi connectivity index (χ3n) is 3.70. The van der Waals surface area contributed by atoms with Crippen LogP contribution in [0.3, 0.4) is 0 Å². The van der Waals surface area contributed by atoms with E-state index in [-0.39, 0.29) is 0 Å². The van der Waals surface area contributed by atoms with Gasteiger partial charge in [0.25, 0.3) is 0 Å². The average molecular weight is 277 g/mol. The molecule has 0 aliphatic carbocycles. The van der Waals surface area contributed by atoms with Gasteiger partial charge < -0.3 is 15.0 Å². The minimum absolute atomic E-state index is 0.445. The van der Waals surface area contributed by atoms with Gasteiger partial charge in [-0.3, -0.25) is 4.98 Å². The molecule has 112 valence electrons. The van der Waals surface area contributed by atoms with Gasteiger partial charge in [-0.05, 0) is 31.9 Å². The number of aromatic nitrogens is 1. The number of anilines is 1. The molecule has 2 heterocycles. The summed E-state index contributed by atoms with van der Waals surface area (Å²) >= 11 is 0. The van der Waals surface area contributed by atoms with Crippen molar-refractivity contribution in [3.63, 3.8) is 0 Å². The second kappa shape index (κ2) is 7.60. The van der Waals surface area contributed by atoms with E-state index in [1.165, 1.54) is 5.69 Å². The van der Waals surface area contributed by atoms with E-state index in [0.29, 0.717) is 12.1 Å². The van der Waals surface area contributed by atoms with Crippen LogP contribution in [0.4, 0.5) is 5.69 Å². The Balaban J connectivity index is 1.91. The van der Waals surface area contributed by atoms with E-state index < -0.39 is 0 Å². The van der Waals surface area contributed by atoms with Crippen molar-refractivity contribution in [2.24, 2.45) is 0 Å². The smallest absolute Gasteiger partial charge is 0.0608 e. The molecule has 4 heteroatoms. The molecule has 20 heavy (non-hydrogen) atoms. The molecule has 1 aromatic heterocycles. The van der Waals surface area contributed by atoms with Gasteiger partial charge in [0, 0.05) is 44.2 Å². The minimum Gasteiger partial charge on any atom is -0.378 e. The summed E-state index contributed by atoms with van der Waals surface area (Å²) in [5.41, 5.74) is 2.40. The Bertz CT molecular complexity index is 400. The van der Waals surface area contributed by atoms with Gasteiger partial charge in [-0.15, -0.1) is 0 Å². The maximum Gasteiger partial charge on any atom is 0.0608 e. The lowest BCUT2D eigenvalue weighted by Gasteiger charge is -2.33.